The Hall–Kier alpha value is -0.650. The van der Waals surface area contributed by atoms with Crippen LogP contribution < -0.4 is 0 Å². The van der Waals surface area contributed by atoms with Gasteiger partial charge in [0.2, 0.25) is 0 Å². The SMILES string of the molecule is CC1(C)OCC(COC(=O)C23CC4CC5(C2)C(CC5C4O)C3)O1. The molecule has 0 radical (unpaired) electrons. The van der Waals surface area contributed by atoms with E-state index in [9.17, 15) is 9.90 Å². The fourth-order valence-corrected chi connectivity index (χ4v) is 6.72. The van der Waals surface area contributed by atoms with Crippen molar-refractivity contribution >= 4 is 5.97 Å². The first-order chi connectivity index (χ1) is 10.8. The van der Waals surface area contributed by atoms with Crippen molar-refractivity contribution < 1.29 is 24.1 Å². The van der Waals surface area contributed by atoms with Gasteiger partial charge < -0.3 is 19.3 Å². The Kier molecular flexibility index (Phi) is 2.74. The number of ether oxygens (including phenoxy) is 3. The number of carbonyl (C=O) groups is 1. The van der Waals surface area contributed by atoms with Crippen molar-refractivity contribution in [2.75, 3.05) is 13.2 Å². The van der Waals surface area contributed by atoms with Crippen LogP contribution in [-0.4, -0.2) is 42.3 Å². The quantitative estimate of drug-likeness (QED) is 0.804. The minimum absolute atomic E-state index is 0.0582. The Morgan fingerprint density at radius 3 is 2.87 bits per heavy atom. The van der Waals surface area contributed by atoms with Gasteiger partial charge in [0.25, 0.3) is 0 Å². The minimum Gasteiger partial charge on any atom is -0.462 e. The van der Waals surface area contributed by atoms with E-state index in [4.69, 9.17) is 14.2 Å². The molecule has 3 bridgehead atoms. The molecule has 128 valence electrons. The van der Waals surface area contributed by atoms with E-state index >= 15 is 0 Å². The Bertz CT molecular complexity index is 560. The van der Waals surface area contributed by atoms with Crippen LogP contribution in [0.3, 0.4) is 0 Å². The lowest BCUT2D eigenvalue weighted by atomic mass is 9.55. The molecule has 0 aromatic carbocycles. The molecule has 1 spiro atoms. The molecule has 0 aromatic rings. The van der Waals surface area contributed by atoms with Crippen LogP contribution in [0.2, 0.25) is 0 Å². The number of aliphatic hydroxyl groups excluding tert-OH is 1. The second kappa shape index (κ2) is 4.30. The molecular weight excluding hydrogens is 296 g/mol. The van der Waals surface area contributed by atoms with E-state index in [1.165, 1.54) is 0 Å². The largest absolute Gasteiger partial charge is 0.462 e. The van der Waals surface area contributed by atoms with Gasteiger partial charge in [-0.1, -0.05) is 0 Å². The molecule has 0 amide bonds. The molecule has 1 aliphatic heterocycles. The molecule has 0 aromatic heterocycles. The first kappa shape index (κ1) is 14.7. The maximum Gasteiger partial charge on any atom is 0.312 e. The molecule has 1 heterocycles. The Labute approximate surface area is 136 Å². The van der Waals surface area contributed by atoms with E-state index in [-0.39, 0.29) is 35.6 Å². The lowest BCUT2D eigenvalue weighted by Crippen LogP contribution is -2.45. The molecule has 5 rings (SSSR count). The molecule has 7 unspecified atom stereocenters. The summed E-state index contributed by atoms with van der Waals surface area (Å²) in [6, 6.07) is 0. The van der Waals surface area contributed by atoms with Crippen molar-refractivity contribution in [1.82, 2.24) is 0 Å². The van der Waals surface area contributed by atoms with Crippen LogP contribution in [0.1, 0.15) is 46.0 Å². The third-order valence-electron chi connectivity index (χ3n) is 7.49. The van der Waals surface area contributed by atoms with E-state index in [1.807, 2.05) is 13.8 Å². The summed E-state index contributed by atoms with van der Waals surface area (Å²) >= 11 is 0. The van der Waals surface area contributed by atoms with E-state index in [2.05, 4.69) is 0 Å². The van der Waals surface area contributed by atoms with Crippen molar-refractivity contribution in [1.29, 1.82) is 0 Å². The molecule has 7 atom stereocenters. The zero-order valence-electron chi connectivity index (χ0n) is 13.9. The number of aliphatic hydroxyl groups is 1. The van der Waals surface area contributed by atoms with Crippen molar-refractivity contribution in [3.05, 3.63) is 0 Å². The normalized spacial score (nSPS) is 54.8. The highest BCUT2D eigenvalue weighted by Crippen LogP contribution is 2.78. The molecule has 5 nitrogen and oxygen atoms in total. The molecule has 5 heteroatoms. The second-order valence-corrected chi connectivity index (χ2v) is 9.14. The summed E-state index contributed by atoms with van der Waals surface area (Å²) in [5, 5.41) is 10.5. The molecule has 5 fully saturated rings. The van der Waals surface area contributed by atoms with Gasteiger partial charge in [0.1, 0.15) is 12.7 Å². The zero-order valence-corrected chi connectivity index (χ0v) is 13.9. The lowest BCUT2D eigenvalue weighted by molar-refractivity contribution is -0.168. The predicted molar refractivity (Wildman–Crippen MR) is 80.3 cm³/mol. The highest BCUT2D eigenvalue weighted by atomic mass is 16.7. The van der Waals surface area contributed by atoms with Crippen LogP contribution in [0.25, 0.3) is 0 Å². The van der Waals surface area contributed by atoms with Gasteiger partial charge in [0.05, 0.1) is 18.1 Å². The molecule has 5 aliphatic rings. The van der Waals surface area contributed by atoms with Gasteiger partial charge >= 0.3 is 5.97 Å². The standard InChI is InChI=1S/C18H26O5/c1-16(2)22-8-12(23-16)7-21-15(20)17-4-10-5-18(9-17)11(6-17)3-13(18)14(10)19/h10-14,19H,3-9H2,1-2H3. The van der Waals surface area contributed by atoms with Crippen LogP contribution in [0, 0.1) is 28.6 Å². The summed E-state index contributed by atoms with van der Waals surface area (Å²) in [5.74, 6) is 0.743. The van der Waals surface area contributed by atoms with E-state index < -0.39 is 5.79 Å². The topological polar surface area (TPSA) is 65.0 Å². The molecular formula is C18H26O5. The van der Waals surface area contributed by atoms with Gasteiger partial charge in [0.15, 0.2) is 5.79 Å². The number of esters is 1. The van der Waals surface area contributed by atoms with Gasteiger partial charge in [-0.15, -0.1) is 0 Å². The average Bonchev–Trinajstić information content (AvgIpc) is 2.98. The molecule has 4 aliphatic carbocycles. The van der Waals surface area contributed by atoms with Gasteiger partial charge in [0, 0.05) is 0 Å². The second-order valence-electron chi connectivity index (χ2n) is 9.14. The summed E-state index contributed by atoms with van der Waals surface area (Å²) in [4.78, 5) is 12.9. The number of fused-ring (bicyclic) bond motifs is 2. The first-order valence-electron chi connectivity index (χ1n) is 9.01. The third kappa shape index (κ3) is 1.82. The highest BCUT2D eigenvalue weighted by molar-refractivity contribution is 5.78. The van der Waals surface area contributed by atoms with Crippen molar-refractivity contribution in [3.8, 4) is 0 Å². The lowest BCUT2D eigenvalue weighted by Gasteiger charge is -2.49. The first-order valence-corrected chi connectivity index (χ1v) is 9.01. The van der Waals surface area contributed by atoms with Gasteiger partial charge in [-0.05, 0) is 69.1 Å². The summed E-state index contributed by atoms with van der Waals surface area (Å²) in [6.45, 7) is 4.50. The summed E-state index contributed by atoms with van der Waals surface area (Å²) in [6.07, 6.45) is 4.62. The maximum absolute atomic E-state index is 12.9. The van der Waals surface area contributed by atoms with E-state index in [0.29, 0.717) is 24.4 Å². The number of hydrogen-bond donors (Lipinski definition) is 1. The number of hydrogen-bond acceptors (Lipinski definition) is 5. The molecule has 1 N–H and O–H groups in total. The summed E-state index contributed by atoms with van der Waals surface area (Å²) < 4.78 is 16.9. The fraction of sp³-hybridized carbons (Fsp3) is 0.944. The van der Waals surface area contributed by atoms with Crippen LogP contribution in [-0.2, 0) is 19.0 Å². The molecule has 23 heavy (non-hydrogen) atoms. The van der Waals surface area contributed by atoms with Crippen LogP contribution in [0.15, 0.2) is 0 Å². The Morgan fingerprint density at radius 2 is 2.13 bits per heavy atom. The van der Waals surface area contributed by atoms with Crippen LogP contribution in [0.4, 0.5) is 0 Å². The molecule has 4 saturated carbocycles. The van der Waals surface area contributed by atoms with Crippen molar-refractivity contribution in [2.24, 2.45) is 28.6 Å². The highest BCUT2D eigenvalue weighted by Gasteiger charge is 2.75. The number of rotatable bonds is 3. The zero-order chi connectivity index (χ0) is 16.0. The van der Waals surface area contributed by atoms with Gasteiger partial charge in [-0.3, -0.25) is 4.79 Å². The Morgan fingerprint density at radius 1 is 1.30 bits per heavy atom. The van der Waals surface area contributed by atoms with E-state index in [1.54, 1.807) is 0 Å². The summed E-state index contributed by atoms with van der Waals surface area (Å²) in [7, 11) is 0. The smallest absolute Gasteiger partial charge is 0.312 e. The molecule has 1 saturated heterocycles. The van der Waals surface area contributed by atoms with Crippen molar-refractivity contribution in [2.45, 2.75) is 63.9 Å². The van der Waals surface area contributed by atoms with Crippen molar-refractivity contribution in [3.63, 3.8) is 0 Å². The van der Waals surface area contributed by atoms with Crippen LogP contribution in [0.5, 0.6) is 0 Å². The number of carbonyl (C=O) groups excluding carboxylic acids is 1. The average molecular weight is 322 g/mol. The van der Waals surface area contributed by atoms with E-state index in [0.717, 1.165) is 32.1 Å². The maximum atomic E-state index is 12.9. The van der Waals surface area contributed by atoms with Gasteiger partial charge in [-0.25, -0.2) is 0 Å². The van der Waals surface area contributed by atoms with Gasteiger partial charge in [-0.2, -0.15) is 0 Å². The summed E-state index contributed by atoms with van der Waals surface area (Å²) in [5.41, 5.74) is -0.0783. The fourth-order valence-electron chi connectivity index (χ4n) is 6.72. The third-order valence-corrected chi connectivity index (χ3v) is 7.49. The monoisotopic (exact) mass is 322 g/mol. The van der Waals surface area contributed by atoms with Crippen LogP contribution >= 0.6 is 0 Å². The minimum atomic E-state index is -0.581. The predicted octanol–water partition coefficient (Wildman–Crippen LogP) is 1.87. The Balaban J connectivity index is 1.28.